The van der Waals surface area contributed by atoms with Crippen molar-refractivity contribution < 1.29 is 9.47 Å². The van der Waals surface area contributed by atoms with E-state index in [0.29, 0.717) is 26.4 Å². The van der Waals surface area contributed by atoms with E-state index in [-0.39, 0.29) is 6.04 Å². The predicted molar refractivity (Wildman–Crippen MR) is 66.0 cm³/mol. The molecule has 17 heavy (non-hydrogen) atoms. The van der Waals surface area contributed by atoms with Crippen LogP contribution in [0.1, 0.15) is 5.56 Å². The van der Waals surface area contributed by atoms with E-state index in [9.17, 15) is 0 Å². The van der Waals surface area contributed by atoms with Crippen molar-refractivity contribution in [2.75, 3.05) is 26.4 Å². The van der Waals surface area contributed by atoms with E-state index < -0.39 is 5.00 Å². The molecule has 3 nitrogen and oxygen atoms in total. The molecular formula is C13H16ClNO2. The molecule has 0 spiro atoms. The standard InChI is InChI=1S/C13H16ClNO2/c14-13-9-16-7-12(8-17-10-13)15(13)6-11-4-2-1-3-5-11/h1-5,12H,6-10H2. The largest absolute Gasteiger partial charge is 0.376 e. The lowest BCUT2D eigenvalue weighted by Gasteiger charge is -2.50. The third-order valence-corrected chi connectivity index (χ3v) is 3.85. The van der Waals surface area contributed by atoms with Gasteiger partial charge in [-0.3, -0.25) is 4.90 Å². The summed E-state index contributed by atoms with van der Waals surface area (Å²) in [6.45, 7) is 3.36. The minimum Gasteiger partial charge on any atom is -0.376 e. The monoisotopic (exact) mass is 253 g/mol. The van der Waals surface area contributed by atoms with E-state index in [1.807, 2.05) is 6.07 Å². The number of hydrogen-bond acceptors (Lipinski definition) is 3. The zero-order chi connectivity index (χ0) is 11.7. The summed E-state index contributed by atoms with van der Waals surface area (Å²) in [4.78, 5) is 1.83. The van der Waals surface area contributed by atoms with Gasteiger partial charge in [-0.2, -0.15) is 0 Å². The van der Waals surface area contributed by atoms with Crippen molar-refractivity contribution >= 4 is 11.6 Å². The minimum atomic E-state index is -0.489. The number of nitrogens with zero attached hydrogens (tertiary/aromatic N) is 1. The molecule has 2 heterocycles. The molecule has 0 N–H and O–H groups in total. The quantitative estimate of drug-likeness (QED) is 0.593. The number of hydrogen-bond donors (Lipinski definition) is 0. The van der Waals surface area contributed by atoms with Gasteiger partial charge in [0.1, 0.15) is 5.00 Å². The summed E-state index contributed by atoms with van der Waals surface area (Å²) in [6, 6.07) is 10.7. The molecule has 92 valence electrons. The molecular weight excluding hydrogens is 238 g/mol. The highest BCUT2D eigenvalue weighted by atomic mass is 35.5. The van der Waals surface area contributed by atoms with E-state index in [1.165, 1.54) is 5.56 Å². The fraction of sp³-hybridized carbons (Fsp3) is 0.538. The van der Waals surface area contributed by atoms with Gasteiger partial charge in [-0.05, 0) is 5.56 Å². The van der Waals surface area contributed by atoms with Crippen LogP contribution in [0.15, 0.2) is 30.3 Å². The second-order valence-corrected chi connectivity index (χ2v) is 5.42. The maximum absolute atomic E-state index is 6.60. The van der Waals surface area contributed by atoms with Gasteiger partial charge in [0, 0.05) is 6.54 Å². The van der Waals surface area contributed by atoms with Gasteiger partial charge < -0.3 is 9.47 Å². The van der Waals surface area contributed by atoms with Crippen LogP contribution < -0.4 is 0 Å². The van der Waals surface area contributed by atoms with Crippen LogP contribution >= 0.6 is 11.6 Å². The summed E-state index contributed by atoms with van der Waals surface area (Å²) in [7, 11) is 0. The lowest BCUT2D eigenvalue weighted by molar-refractivity contribution is -0.158. The van der Waals surface area contributed by atoms with Gasteiger partial charge in [0.25, 0.3) is 0 Å². The molecule has 0 aliphatic carbocycles. The van der Waals surface area contributed by atoms with Gasteiger partial charge in [0.15, 0.2) is 0 Å². The Morgan fingerprint density at radius 3 is 2.41 bits per heavy atom. The third-order valence-electron chi connectivity index (χ3n) is 3.42. The van der Waals surface area contributed by atoms with E-state index in [1.54, 1.807) is 0 Å². The zero-order valence-corrected chi connectivity index (χ0v) is 10.4. The van der Waals surface area contributed by atoms with Crippen molar-refractivity contribution in [2.24, 2.45) is 0 Å². The summed E-state index contributed by atoms with van der Waals surface area (Å²) < 4.78 is 11.1. The molecule has 0 unspecified atom stereocenters. The van der Waals surface area contributed by atoms with Crippen molar-refractivity contribution in [1.29, 1.82) is 0 Å². The van der Waals surface area contributed by atoms with E-state index >= 15 is 0 Å². The Morgan fingerprint density at radius 2 is 1.82 bits per heavy atom. The maximum Gasteiger partial charge on any atom is 0.144 e. The highest BCUT2D eigenvalue weighted by molar-refractivity contribution is 6.24. The van der Waals surface area contributed by atoms with Crippen LogP contribution in [0.4, 0.5) is 0 Å². The van der Waals surface area contributed by atoms with Crippen LogP contribution in [0.5, 0.6) is 0 Å². The Balaban J connectivity index is 1.81. The van der Waals surface area contributed by atoms with Crippen molar-refractivity contribution in [1.82, 2.24) is 4.90 Å². The average Bonchev–Trinajstić information content (AvgIpc) is 2.32. The molecule has 3 rings (SSSR count). The summed E-state index contributed by atoms with van der Waals surface area (Å²) >= 11 is 6.60. The van der Waals surface area contributed by atoms with Gasteiger partial charge in [-0.1, -0.05) is 41.9 Å². The van der Waals surface area contributed by atoms with Gasteiger partial charge in [-0.25, -0.2) is 0 Å². The van der Waals surface area contributed by atoms with Crippen molar-refractivity contribution in [2.45, 2.75) is 17.6 Å². The molecule has 0 amide bonds. The summed E-state index contributed by atoms with van der Waals surface area (Å²) in [5.74, 6) is 0. The summed E-state index contributed by atoms with van der Waals surface area (Å²) in [6.07, 6.45) is 0. The van der Waals surface area contributed by atoms with Crippen LogP contribution in [0.3, 0.4) is 0 Å². The Labute approximate surface area is 106 Å². The zero-order valence-electron chi connectivity index (χ0n) is 9.64. The van der Waals surface area contributed by atoms with Crippen molar-refractivity contribution in [3.63, 3.8) is 0 Å². The Morgan fingerprint density at radius 1 is 1.18 bits per heavy atom. The number of ether oxygens (including phenoxy) is 2. The molecule has 0 radical (unpaired) electrons. The van der Waals surface area contributed by atoms with Crippen LogP contribution in [0.2, 0.25) is 0 Å². The third kappa shape index (κ3) is 2.20. The number of halogens is 1. The second kappa shape index (κ2) is 4.58. The number of alkyl halides is 1. The molecule has 2 aliphatic rings. The first-order chi connectivity index (χ1) is 8.28. The Hall–Kier alpha value is -0.610. The molecule has 1 aromatic rings. The van der Waals surface area contributed by atoms with Crippen molar-refractivity contribution in [3.05, 3.63) is 35.9 Å². The fourth-order valence-electron chi connectivity index (χ4n) is 2.52. The normalized spacial score (nSPS) is 33.6. The average molecular weight is 254 g/mol. The fourth-order valence-corrected chi connectivity index (χ4v) is 2.87. The lowest BCUT2D eigenvalue weighted by Crippen LogP contribution is -2.64. The minimum absolute atomic E-state index is 0.273. The van der Waals surface area contributed by atoms with Gasteiger partial charge >= 0.3 is 0 Å². The molecule has 0 atom stereocenters. The Bertz CT molecular complexity index is 374. The molecule has 0 saturated carbocycles. The first-order valence-corrected chi connectivity index (χ1v) is 6.31. The van der Waals surface area contributed by atoms with Gasteiger partial charge in [0.2, 0.25) is 0 Å². The predicted octanol–water partition coefficient (Wildman–Crippen LogP) is 1.85. The second-order valence-electron chi connectivity index (χ2n) is 4.72. The smallest absolute Gasteiger partial charge is 0.144 e. The van der Waals surface area contributed by atoms with Gasteiger partial charge in [-0.15, -0.1) is 0 Å². The molecule has 2 fully saturated rings. The van der Waals surface area contributed by atoms with E-state index in [0.717, 1.165) is 6.54 Å². The van der Waals surface area contributed by atoms with Crippen LogP contribution in [-0.4, -0.2) is 42.4 Å². The number of morpholine rings is 2. The summed E-state index contributed by atoms with van der Waals surface area (Å²) in [5, 5.41) is 0. The first-order valence-electron chi connectivity index (χ1n) is 5.93. The number of rotatable bonds is 2. The van der Waals surface area contributed by atoms with Gasteiger partial charge in [0.05, 0.1) is 32.5 Å². The van der Waals surface area contributed by atoms with Crippen LogP contribution in [-0.2, 0) is 16.0 Å². The van der Waals surface area contributed by atoms with Crippen molar-refractivity contribution in [3.8, 4) is 0 Å². The SMILES string of the molecule is ClC12COCC(COC1)N2Cc1ccccc1. The van der Waals surface area contributed by atoms with E-state index in [2.05, 4.69) is 29.2 Å². The van der Waals surface area contributed by atoms with Crippen LogP contribution in [0, 0.1) is 0 Å². The molecule has 2 saturated heterocycles. The molecule has 0 aromatic heterocycles. The number of benzene rings is 1. The van der Waals surface area contributed by atoms with Crippen LogP contribution in [0.25, 0.3) is 0 Å². The topological polar surface area (TPSA) is 21.7 Å². The molecule has 1 aromatic carbocycles. The maximum atomic E-state index is 6.60. The first kappa shape index (κ1) is 11.5. The Kier molecular flexibility index (Phi) is 3.09. The van der Waals surface area contributed by atoms with E-state index in [4.69, 9.17) is 21.1 Å². The highest BCUT2D eigenvalue weighted by Gasteiger charge is 2.46. The molecule has 2 bridgehead atoms. The molecule has 4 heteroatoms. The lowest BCUT2D eigenvalue weighted by atomic mass is 10.1. The molecule has 2 aliphatic heterocycles. The number of fused-ring (bicyclic) bond motifs is 2. The highest BCUT2D eigenvalue weighted by Crippen LogP contribution is 2.33. The summed E-state index contributed by atoms with van der Waals surface area (Å²) in [5.41, 5.74) is 1.28.